The standard InChI is InChI=1S/C22H33NO5S/c24-20(14-7-5-3-1-2-4-6-8-15-21(25)26)23-18-12-9-10-13-19(18)29-17-11-16-22(27)28/h9-10,12-13H,1-8,11,14-17H2,(H,23,24)(H,25,26)(H,27,28). The minimum atomic E-state index is -0.787. The van der Waals surface area contributed by atoms with E-state index in [0.29, 0.717) is 18.6 Å². The smallest absolute Gasteiger partial charge is 0.303 e. The second kappa shape index (κ2) is 15.9. The molecule has 0 saturated heterocycles. The summed E-state index contributed by atoms with van der Waals surface area (Å²) in [5, 5.41) is 20.3. The fraction of sp³-hybridized carbons (Fsp3) is 0.591. The van der Waals surface area contributed by atoms with E-state index in [2.05, 4.69) is 5.32 Å². The summed E-state index contributed by atoms with van der Waals surface area (Å²) < 4.78 is 0. The lowest BCUT2D eigenvalue weighted by molar-refractivity contribution is -0.138. The molecule has 6 nitrogen and oxygen atoms in total. The van der Waals surface area contributed by atoms with Crippen LogP contribution in [0.3, 0.4) is 0 Å². The first kappa shape index (κ1) is 25.0. The SMILES string of the molecule is O=C(O)CCCCCCCCCCC(=O)Nc1ccccc1SCCCC(=O)O. The maximum Gasteiger partial charge on any atom is 0.303 e. The molecule has 1 aromatic carbocycles. The zero-order valence-electron chi connectivity index (χ0n) is 17.0. The molecular weight excluding hydrogens is 390 g/mol. The summed E-state index contributed by atoms with van der Waals surface area (Å²) in [5.74, 6) is -0.791. The van der Waals surface area contributed by atoms with E-state index in [4.69, 9.17) is 10.2 Å². The highest BCUT2D eigenvalue weighted by Crippen LogP contribution is 2.28. The predicted molar refractivity (Wildman–Crippen MR) is 116 cm³/mol. The second-order valence-electron chi connectivity index (χ2n) is 7.11. The molecular formula is C22H33NO5S. The normalized spacial score (nSPS) is 10.6. The van der Waals surface area contributed by atoms with E-state index in [1.54, 1.807) is 11.8 Å². The van der Waals surface area contributed by atoms with Gasteiger partial charge in [-0.3, -0.25) is 14.4 Å². The van der Waals surface area contributed by atoms with Gasteiger partial charge in [0.25, 0.3) is 0 Å². The minimum absolute atomic E-state index is 0.0113. The summed E-state index contributed by atoms with van der Waals surface area (Å²) in [7, 11) is 0. The van der Waals surface area contributed by atoms with E-state index in [1.807, 2.05) is 24.3 Å². The van der Waals surface area contributed by atoms with Crippen molar-refractivity contribution in [2.24, 2.45) is 0 Å². The van der Waals surface area contributed by atoms with Gasteiger partial charge in [0, 0.05) is 24.2 Å². The fourth-order valence-electron chi connectivity index (χ4n) is 2.94. The molecule has 0 atom stereocenters. The zero-order chi connectivity index (χ0) is 21.3. The van der Waals surface area contributed by atoms with E-state index in [9.17, 15) is 14.4 Å². The lowest BCUT2D eigenvalue weighted by Crippen LogP contribution is -2.11. The molecule has 1 amide bonds. The number of carboxylic acids is 2. The van der Waals surface area contributed by atoms with Crippen molar-refractivity contribution in [1.82, 2.24) is 0 Å². The van der Waals surface area contributed by atoms with E-state index in [0.717, 1.165) is 61.9 Å². The fourth-order valence-corrected chi connectivity index (χ4v) is 3.89. The Morgan fingerprint density at radius 2 is 1.24 bits per heavy atom. The molecule has 1 aromatic rings. The maximum absolute atomic E-state index is 12.2. The molecule has 0 radical (unpaired) electrons. The van der Waals surface area contributed by atoms with Crippen molar-refractivity contribution >= 4 is 35.3 Å². The third-order valence-corrected chi connectivity index (χ3v) is 5.66. The third-order valence-electron chi connectivity index (χ3n) is 4.50. The highest BCUT2D eigenvalue weighted by molar-refractivity contribution is 7.99. The lowest BCUT2D eigenvalue weighted by atomic mass is 10.1. The first-order chi connectivity index (χ1) is 14.0. The number of rotatable bonds is 17. The van der Waals surface area contributed by atoms with Crippen LogP contribution in [0.25, 0.3) is 0 Å². The van der Waals surface area contributed by atoms with Crippen LogP contribution in [0.2, 0.25) is 0 Å². The molecule has 0 aromatic heterocycles. The first-order valence-electron chi connectivity index (χ1n) is 10.4. The number of unbranched alkanes of at least 4 members (excludes halogenated alkanes) is 7. The lowest BCUT2D eigenvalue weighted by Gasteiger charge is -2.10. The van der Waals surface area contributed by atoms with Crippen molar-refractivity contribution < 1.29 is 24.6 Å². The number of carbonyl (C=O) groups is 3. The average molecular weight is 424 g/mol. The van der Waals surface area contributed by atoms with Crippen LogP contribution in [0.1, 0.15) is 77.0 Å². The van der Waals surface area contributed by atoms with Crippen molar-refractivity contribution in [2.45, 2.75) is 81.9 Å². The quantitative estimate of drug-likeness (QED) is 0.224. The molecule has 0 spiro atoms. The topological polar surface area (TPSA) is 104 Å². The Balaban J connectivity index is 2.14. The van der Waals surface area contributed by atoms with Crippen LogP contribution in [-0.4, -0.2) is 33.8 Å². The van der Waals surface area contributed by atoms with Crippen LogP contribution < -0.4 is 5.32 Å². The Labute approximate surface area is 177 Å². The highest BCUT2D eigenvalue weighted by atomic mass is 32.2. The van der Waals surface area contributed by atoms with Crippen molar-refractivity contribution in [3.8, 4) is 0 Å². The number of para-hydroxylation sites is 1. The molecule has 0 unspecified atom stereocenters. The summed E-state index contributed by atoms with van der Waals surface area (Å²) in [6, 6.07) is 7.61. The number of anilines is 1. The van der Waals surface area contributed by atoms with Gasteiger partial charge in [0.2, 0.25) is 5.91 Å². The van der Waals surface area contributed by atoms with Gasteiger partial charge in [-0.15, -0.1) is 11.8 Å². The number of aliphatic carboxylic acids is 2. The second-order valence-corrected chi connectivity index (χ2v) is 8.25. The zero-order valence-corrected chi connectivity index (χ0v) is 17.8. The van der Waals surface area contributed by atoms with E-state index < -0.39 is 11.9 Å². The van der Waals surface area contributed by atoms with Gasteiger partial charge in [-0.25, -0.2) is 0 Å². The third kappa shape index (κ3) is 13.7. The number of carbonyl (C=O) groups excluding carboxylic acids is 1. The van der Waals surface area contributed by atoms with Gasteiger partial charge in [-0.05, 0) is 37.1 Å². The van der Waals surface area contributed by atoms with Crippen LogP contribution in [0.15, 0.2) is 29.2 Å². The molecule has 0 aliphatic carbocycles. The molecule has 0 aliphatic heterocycles. The Morgan fingerprint density at radius 3 is 1.86 bits per heavy atom. The number of thioether (sulfide) groups is 1. The largest absolute Gasteiger partial charge is 0.481 e. The molecule has 1 rings (SSSR count). The van der Waals surface area contributed by atoms with Gasteiger partial charge in [-0.1, -0.05) is 50.7 Å². The Bertz CT molecular complexity index is 635. The molecule has 0 heterocycles. The monoisotopic (exact) mass is 423 g/mol. The van der Waals surface area contributed by atoms with E-state index in [1.165, 1.54) is 0 Å². The summed E-state index contributed by atoms with van der Waals surface area (Å²) >= 11 is 1.56. The molecule has 0 bridgehead atoms. The van der Waals surface area contributed by atoms with E-state index >= 15 is 0 Å². The Hall–Kier alpha value is -2.02. The van der Waals surface area contributed by atoms with Gasteiger partial charge in [0.05, 0.1) is 5.69 Å². The van der Waals surface area contributed by atoms with Crippen LogP contribution in [0.4, 0.5) is 5.69 Å². The highest BCUT2D eigenvalue weighted by Gasteiger charge is 2.07. The summed E-state index contributed by atoms with van der Waals surface area (Å²) in [6.45, 7) is 0. The first-order valence-corrected chi connectivity index (χ1v) is 11.4. The molecule has 0 fully saturated rings. The average Bonchev–Trinajstić information content (AvgIpc) is 2.67. The molecule has 7 heteroatoms. The van der Waals surface area contributed by atoms with Gasteiger partial charge in [-0.2, -0.15) is 0 Å². The number of nitrogens with one attached hydrogen (secondary N) is 1. The Morgan fingerprint density at radius 1 is 0.724 bits per heavy atom. The molecule has 29 heavy (non-hydrogen) atoms. The van der Waals surface area contributed by atoms with Crippen LogP contribution in [-0.2, 0) is 14.4 Å². The minimum Gasteiger partial charge on any atom is -0.481 e. The van der Waals surface area contributed by atoms with Gasteiger partial charge < -0.3 is 15.5 Å². The molecule has 0 saturated carbocycles. The van der Waals surface area contributed by atoms with E-state index in [-0.39, 0.29) is 18.7 Å². The number of benzene rings is 1. The summed E-state index contributed by atoms with van der Waals surface area (Å²) in [6.07, 6.45) is 9.56. The predicted octanol–water partition coefficient (Wildman–Crippen LogP) is 5.57. The van der Waals surface area contributed by atoms with Crippen molar-refractivity contribution in [2.75, 3.05) is 11.1 Å². The van der Waals surface area contributed by atoms with Crippen LogP contribution in [0.5, 0.6) is 0 Å². The number of hydrogen-bond donors (Lipinski definition) is 3. The van der Waals surface area contributed by atoms with Crippen LogP contribution >= 0.6 is 11.8 Å². The number of amides is 1. The molecule has 3 N–H and O–H groups in total. The number of hydrogen-bond acceptors (Lipinski definition) is 4. The van der Waals surface area contributed by atoms with Gasteiger partial charge in [0.1, 0.15) is 0 Å². The molecule has 162 valence electrons. The summed E-state index contributed by atoms with van der Waals surface area (Å²) in [4.78, 5) is 34.2. The van der Waals surface area contributed by atoms with Gasteiger partial charge in [0.15, 0.2) is 0 Å². The molecule has 0 aliphatic rings. The van der Waals surface area contributed by atoms with Crippen molar-refractivity contribution in [3.63, 3.8) is 0 Å². The Kier molecular flexibility index (Phi) is 13.7. The van der Waals surface area contributed by atoms with Crippen molar-refractivity contribution in [1.29, 1.82) is 0 Å². The number of carboxylic acid groups (broad SMARTS) is 2. The summed E-state index contributed by atoms with van der Waals surface area (Å²) in [5.41, 5.74) is 0.791. The van der Waals surface area contributed by atoms with Gasteiger partial charge >= 0.3 is 11.9 Å². The van der Waals surface area contributed by atoms with Crippen LogP contribution in [0, 0.1) is 0 Å². The maximum atomic E-state index is 12.2. The van der Waals surface area contributed by atoms with Crippen molar-refractivity contribution in [3.05, 3.63) is 24.3 Å².